The lowest BCUT2D eigenvalue weighted by Gasteiger charge is -2.12. The second kappa shape index (κ2) is 6.81. The Labute approximate surface area is 126 Å². The molecular formula is C15H16BrFN2O. The number of nitrogens with two attached hydrogens (primary N) is 1. The normalized spacial score (nSPS) is 12.2. The molecule has 1 aromatic heterocycles. The molecule has 5 heteroatoms. The van der Waals surface area contributed by atoms with Crippen molar-refractivity contribution < 1.29 is 9.13 Å². The molecule has 20 heavy (non-hydrogen) atoms. The number of ether oxygens (including phenoxy) is 1. The number of nitrogens with zero attached hydrogens (tertiary/aromatic N) is 1. The van der Waals surface area contributed by atoms with Crippen LogP contribution in [-0.2, 0) is 12.8 Å². The minimum Gasteiger partial charge on any atom is -0.481 e. The van der Waals surface area contributed by atoms with Gasteiger partial charge in [0.05, 0.1) is 7.11 Å². The maximum atomic E-state index is 13.7. The lowest BCUT2D eigenvalue weighted by atomic mass is 10.0. The average molecular weight is 339 g/mol. The van der Waals surface area contributed by atoms with Crippen molar-refractivity contribution >= 4 is 15.9 Å². The summed E-state index contributed by atoms with van der Waals surface area (Å²) >= 11 is 3.34. The van der Waals surface area contributed by atoms with Crippen molar-refractivity contribution in [3.8, 4) is 5.88 Å². The lowest BCUT2D eigenvalue weighted by Crippen LogP contribution is -2.26. The van der Waals surface area contributed by atoms with E-state index >= 15 is 0 Å². The zero-order valence-corrected chi connectivity index (χ0v) is 12.7. The highest BCUT2D eigenvalue weighted by Gasteiger charge is 2.10. The summed E-state index contributed by atoms with van der Waals surface area (Å²) in [4.78, 5) is 4.13. The Morgan fingerprint density at radius 1 is 1.30 bits per heavy atom. The summed E-state index contributed by atoms with van der Waals surface area (Å²) in [6, 6.07) is 8.44. The number of aromatic nitrogens is 1. The summed E-state index contributed by atoms with van der Waals surface area (Å²) in [5, 5.41) is 0. The van der Waals surface area contributed by atoms with Gasteiger partial charge in [-0.1, -0.05) is 22.0 Å². The molecule has 0 radical (unpaired) electrons. The molecule has 0 saturated heterocycles. The monoisotopic (exact) mass is 338 g/mol. The number of methoxy groups -OCH3 is 1. The van der Waals surface area contributed by atoms with Crippen molar-refractivity contribution in [2.24, 2.45) is 5.73 Å². The van der Waals surface area contributed by atoms with Crippen LogP contribution in [0.3, 0.4) is 0 Å². The van der Waals surface area contributed by atoms with Crippen LogP contribution >= 0.6 is 15.9 Å². The molecule has 2 aromatic rings. The topological polar surface area (TPSA) is 48.1 Å². The lowest BCUT2D eigenvalue weighted by molar-refractivity contribution is 0.397. The van der Waals surface area contributed by atoms with E-state index in [4.69, 9.17) is 10.5 Å². The van der Waals surface area contributed by atoms with Gasteiger partial charge in [-0.2, -0.15) is 0 Å². The largest absolute Gasteiger partial charge is 0.481 e. The summed E-state index contributed by atoms with van der Waals surface area (Å²) in [5.41, 5.74) is 7.71. The molecular weight excluding hydrogens is 323 g/mol. The number of hydrogen-bond donors (Lipinski definition) is 1. The molecule has 1 aromatic carbocycles. The summed E-state index contributed by atoms with van der Waals surface area (Å²) in [6.07, 6.45) is 2.86. The summed E-state index contributed by atoms with van der Waals surface area (Å²) < 4.78 is 19.5. The highest BCUT2D eigenvalue weighted by Crippen LogP contribution is 2.18. The van der Waals surface area contributed by atoms with Crippen LogP contribution < -0.4 is 10.5 Å². The van der Waals surface area contributed by atoms with Gasteiger partial charge in [-0.05, 0) is 42.2 Å². The van der Waals surface area contributed by atoms with E-state index in [-0.39, 0.29) is 11.9 Å². The van der Waals surface area contributed by atoms with Gasteiger partial charge in [0.1, 0.15) is 5.82 Å². The highest BCUT2D eigenvalue weighted by atomic mass is 79.9. The molecule has 0 saturated carbocycles. The van der Waals surface area contributed by atoms with Gasteiger partial charge in [-0.25, -0.2) is 9.37 Å². The minimum absolute atomic E-state index is 0.158. The van der Waals surface area contributed by atoms with Gasteiger partial charge in [-0.15, -0.1) is 0 Å². The zero-order valence-electron chi connectivity index (χ0n) is 11.1. The number of pyridine rings is 1. The van der Waals surface area contributed by atoms with Gasteiger partial charge in [0.25, 0.3) is 0 Å². The van der Waals surface area contributed by atoms with Crippen LogP contribution in [0.2, 0.25) is 0 Å². The third-order valence-corrected chi connectivity index (χ3v) is 3.49. The van der Waals surface area contributed by atoms with Crippen LogP contribution in [0.1, 0.15) is 11.1 Å². The first-order chi connectivity index (χ1) is 9.58. The molecule has 2 rings (SSSR count). The molecule has 0 aliphatic rings. The van der Waals surface area contributed by atoms with E-state index in [0.717, 1.165) is 10.0 Å². The van der Waals surface area contributed by atoms with E-state index in [2.05, 4.69) is 20.9 Å². The average Bonchev–Trinajstić information content (AvgIpc) is 2.43. The SMILES string of the molecule is COc1ccc(CC(N)Cc2cc(Br)ccc2F)cn1. The molecule has 0 fully saturated rings. The third kappa shape index (κ3) is 4.02. The van der Waals surface area contributed by atoms with Gasteiger partial charge in [0, 0.05) is 22.8 Å². The second-order valence-electron chi connectivity index (χ2n) is 4.61. The zero-order chi connectivity index (χ0) is 14.5. The van der Waals surface area contributed by atoms with E-state index in [0.29, 0.717) is 24.3 Å². The first kappa shape index (κ1) is 14.9. The predicted octanol–water partition coefficient (Wildman–Crippen LogP) is 3.10. The fourth-order valence-electron chi connectivity index (χ4n) is 2.01. The Morgan fingerprint density at radius 3 is 2.75 bits per heavy atom. The first-order valence-corrected chi connectivity index (χ1v) is 7.06. The van der Waals surface area contributed by atoms with Crippen molar-refractivity contribution in [1.82, 2.24) is 4.98 Å². The minimum atomic E-state index is -0.225. The second-order valence-corrected chi connectivity index (χ2v) is 5.53. The van der Waals surface area contributed by atoms with Crippen LogP contribution in [-0.4, -0.2) is 18.1 Å². The van der Waals surface area contributed by atoms with E-state index in [1.165, 1.54) is 6.07 Å². The summed E-state index contributed by atoms with van der Waals surface area (Å²) in [6.45, 7) is 0. The maximum Gasteiger partial charge on any atom is 0.212 e. The Kier molecular flexibility index (Phi) is 5.09. The molecule has 2 N–H and O–H groups in total. The van der Waals surface area contributed by atoms with E-state index < -0.39 is 0 Å². The quantitative estimate of drug-likeness (QED) is 0.911. The molecule has 0 spiro atoms. The van der Waals surface area contributed by atoms with E-state index in [1.54, 1.807) is 31.5 Å². The Bertz CT molecular complexity index is 575. The number of hydrogen-bond acceptors (Lipinski definition) is 3. The maximum absolute atomic E-state index is 13.7. The van der Waals surface area contributed by atoms with Crippen LogP contribution in [0, 0.1) is 5.82 Å². The molecule has 0 amide bonds. The molecule has 106 valence electrons. The van der Waals surface area contributed by atoms with E-state index in [1.807, 2.05) is 6.07 Å². The smallest absolute Gasteiger partial charge is 0.212 e. The van der Waals surface area contributed by atoms with Crippen molar-refractivity contribution in [3.63, 3.8) is 0 Å². The number of benzene rings is 1. The van der Waals surface area contributed by atoms with Gasteiger partial charge >= 0.3 is 0 Å². The number of halogens is 2. The van der Waals surface area contributed by atoms with Crippen LogP contribution in [0.4, 0.5) is 4.39 Å². The number of rotatable bonds is 5. The van der Waals surface area contributed by atoms with Crippen molar-refractivity contribution in [2.75, 3.05) is 7.11 Å². The van der Waals surface area contributed by atoms with Gasteiger partial charge in [-0.3, -0.25) is 0 Å². The van der Waals surface area contributed by atoms with Gasteiger partial charge < -0.3 is 10.5 Å². The Hall–Kier alpha value is -1.46. The molecule has 0 bridgehead atoms. The van der Waals surface area contributed by atoms with Gasteiger partial charge in [0.15, 0.2) is 0 Å². The molecule has 1 atom stereocenters. The summed E-state index contributed by atoms with van der Waals surface area (Å²) in [7, 11) is 1.57. The van der Waals surface area contributed by atoms with E-state index in [9.17, 15) is 4.39 Å². The van der Waals surface area contributed by atoms with Crippen LogP contribution in [0.15, 0.2) is 41.0 Å². The molecule has 1 heterocycles. The fourth-order valence-corrected chi connectivity index (χ4v) is 2.42. The van der Waals surface area contributed by atoms with Crippen molar-refractivity contribution in [3.05, 3.63) is 57.9 Å². The van der Waals surface area contributed by atoms with Crippen molar-refractivity contribution in [2.45, 2.75) is 18.9 Å². The fraction of sp³-hybridized carbons (Fsp3) is 0.267. The summed E-state index contributed by atoms with van der Waals surface area (Å²) in [5.74, 6) is 0.344. The molecule has 1 unspecified atom stereocenters. The van der Waals surface area contributed by atoms with Crippen LogP contribution in [0.5, 0.6) is 5.88 Å². The molecule has 0 aliphatic carbocycles. The molecule has 0 aliphatic heterocycles. The standard InChI is InChI=1S/C15H16BrFN2O/c1-20-15-5-2-10(9-19-15)6-13(18)8-11-7-12(16)3-4-14(11)17/h2-5,7,9,13H,6,8,18H2,1H3. The predicted molar refractivity (Wildman–Crippen MR) is 80.3 cm³/mol. The third-order valence-electron chi connectivity index (χ3n) is 2.99. The molecule has 3 nitrogen and oxygen atoms in total. The Morgan fingerprint density at radius 2 is 2.10 bits per heavy atom. The van der Waals surface area contributed by atoms with Gasteiger partial charge in [0.2, 0.25) is 5.88 Å². The van der Waals surface area contributed by atoms with Crippen LogP contribution in [0.25, 0.3) is 0 Å². The Balaban J connectivity index is 2.00. The van der Waals surface area contributed by atoms with Crippen molar-refractivity contribution in [1.29, 1.82) is 0 Å². The highest BCUT2D eigenvalue weighted by molar-refractivity contribution is 9.10. The first-order valence-electron chi connectivity index (χ1n) is 6.27.